The molecular formula is C42H57FN6O7. The van der Waals surface area contributed by atoms with Crippen LogP contribution in [0.2, 0.25) is 0 Å². The molecule has 3 saturated heterocycles. The van der Waals surface area contributed by atoms with Gasteiger partial charge in [-0.15, -0.1) is 0 Å². The molecule has 2 atom stereocenters. The second-order valence-corrected chi connectivity index (χ2v) is 15.3. The van der Waals surface area contributed by atoms with Crippen molar-refractivity contribution in [2.75, 3.05) is 60.0 Å². The van der Waals surface area contributed by atoms with E-state index in [1.807, 2.05) is 38.2 Å². The van der Waals surface area contributed by atoms with Gasteiger partial charge in [0.05, 0.1) is 33.0 Å². The van der Waals surface area contributed by atoms with Gasteiger partial charge in [0.25, 0.3) is 11.1 Å². The SMILES string of the molecule is CCCn1cc(-c2cc(OC)c(CCN3CC[C@@H](OC4CCN(CCn5cccc(CN6CCC(=O)NC6=O)c5=O)CC4)[C@H](F)C3)c(OC)c2)c(C)c(C)c1=O. The van der Waals surface area contributed by atoms with E-state index in [1.54, 1.807) is 35.6 Å². The van der Waals surface area contributed by atoms with Crippen LogP contribution in [-0.2, 0) is 35.6 Å². The first kappa shape index (κ1) is 41.1. The Kier molecular flexibility index (Phi) is 13.7. The van der Waals surface area contributed by atoms with Gasteiger partial charge in [-0.05, 0) is 75.3 Å². The van der Waals surface area contributed by atoms with Crippen LogP contribution in [0.4, 0.5) is 9.18 Å². The first-order valence-electron chi connectivity index (χ1n) is 20.0. The second-order valence-electron chi connectivity index (χ2n) is 15.3. The van der Waals surface area contributed by atoms with E-state index in [1.165, 1.54) is 4.90 Å². The molecule has 14 heteroatoms. The Bertz CT molecular complexity index is 1970. The first-order valence-corrected chi connectivity index (χ1v) is 20.0. The van der Waals surface area contributed by atoms with Crippen LogP contribution in [0.5, 0.6) is 11.5 Å². The summed E-state index contributed by atoms with van der Waals surface area (Å²) in [5.41, 5.74) is 4.89. The average Bonchev–Trinajstić information content (AvgIpc) is 3.19. The zero-order chi connectivity index (χ0) is 39.9. The van der Waals surface area contributed by atoms with Gasteiger partial charge >= 0.3 is 6.03 Å². The number of piperidine rings is 2. The minimum Gasteiger partial charge on any atom is -0.496 e. The van der Waals surface area contributed by atoms with Gasteiger partial charge < -0.3 is 33.1 Å². The molecule has 3 aliphatic heterocycles. The van der Waals surface area contributed by atoms with Gasteiger partial charge in [0, 0.05) is 100.0 Å². The lowest BCUT2D eigenvalue weighted by Gasteiger charge is -2.38. The smallest absolute Gasteiger partial charge is 0.324 e. The van der Waals surface area contributed by atoms with E-state index in [2.05, 4.69) is 22.0 Å². The molecule has 56 heavy (non-hydrogen) atoms. The number of hydrogen-bond donors (Lipinski definition) is 1. The summed E-state index contributed by atoms with van der Waals surface area (Å²) in [6.07, 6.45) is 6.10. The summed E-state index contributed by atoms with van der Waals surface area (Å²) in [5.74, 6) is 1.11. The normalized spacial score (nSPS) is 20.0. The molecule has 5 heterocycles. The number of ether oxygens (including phenoxy) is 3. The molecule has 3 aliphatic rings. The van der Waals surface area contributed by atoms with E-state index in [0.717, 1.165) is 66.7 Å². The Hall–Kier alpha value is -4.53. The number of imide groups is 1. The number of carbonyl (C=O) groups is 2. The number of halogens is 1. The molecule has 0 aliphatic carbocycles. The van der Waals surface area contributed by atoms with Crippen LogP contribution < -0.4 is 25.9 Å². The van der Waals surface area contributed by atoms with Crippen molar-refractivity contribution < 1.29 is 28.2 Å². The number of hydrogen-bond acceptors (Lipinski definition) is 9. The number of methoxy groups -OCH3 is 2. The van der Waals surface area contributed by atoms with Gasteiger partial charge in [0.15, 0.2) is 0 Å². The first-order chi connectivity index (χ1) is 27.0. The van der Waals surface area contributed by atoms with E-state index in [4.69, 9.17) is 14.2 Å². The lowest BCUT2D eigenvalue weighted by Crippen LogP contribution is -2.49. The van der Waals surface area contributed by atoms with Crippen LogP contribution in [0.1, 0.15) is 61.3 Å². The monoisotopic (exact) mass is 776 g/mol. The number of urea groups is 1. The average molecular weight is 777 g/mol. The Morgan fingerprint density at radius 3 is 2.21 bits per heavy atom. The molecule has 1 aromatic carbocycles. The highest BCUT2D eigenvalue weighted by Gasteiger charge is 2.33. The van der Waals surface area contributed by atoms with Gasteiger partial charge in [-0.2, -0.15) is 0 Å². The van der Waals surface area contributed by atoms with Gasteiger partial charge in [-0.3, -0.25) is 24.6 Å². The topological polar surface area (TPSA) is 128 Å². The summed E-state index contributed by atoms with van der Waals surface area (Å²) in [6, 6.07) is 7.08. The van der Waals surface area contributed by atoms with Crippen molar-refractivity contribution in [3.8, 4) is 22.6 Å². The fraction of sp³-hybridized carbons (Fsp3) is 0.571. The van der Waals surface area contributed by atoms with E-state index in [-0.39, 0.29) is 36.1 Å². The maximum Gasteiger partial charge on any atom is 0.324 e. The third-order valence-electron chi connectivity index (χ3n) is 11.6. The van der Waals surface area contributed by atoms with Crippen molar-refractivity contribution in [3.63, 3.8) is 0 Å². The largest absolute Gasteiger partial charge is 0.496 e. The van der Waals surface area contributed by atoms with Crippen molar-refractivity contribution >= 4 is 11.9 Å². The van der Waals surface area contributed by atoms with Crippen LogP contribution in [0, 0.1) is 13.8 Å². The van der Waals surface area contributed by atoms with E-state index < -0.39 is 18.3 Å². The van der Waals surface area contributed by atoms with Crippen molar-refractivity contribution in [2.45, 2.75) is 97.3 Å². The van der Waals surface area contributed by atoms with Crippen molar-refractivity contribution in [2.24, 2.45) is 0 Å². The molecular weight excluding hydrogens is 719 g/mol. The predicted molar refractivity (Wildman–Crippen MR) is 212 cm³/mol. The van der Waals surface area contributed by atoms with Crippen molar-refractivity contribution in [1.29, 1.82) is 0 Å². The van der Waals surface area contributed by atoms with Gasteiger partial charge in [0.2, 0.25) is 5.91 Å². The second kappa shape index (κ2) is 18.6. The number of carbonyl (C=O) groups excluding carboxylic acids is 2. The van der Waals surface area contributed by atoms with Gasteiger partial charge in [-0.25, -0.2) is 9.18 Å². The summed E-state index contributed by atoms with van der Waals surface area (Å²) in [5, 5.41) is 2.30. The van der Waals surface area contributed by atoms with Crippen molar-refractivity contribution in [3.05, 3.63) is 79.6 Å². The van der Waals surface area contributed by atoms with Gasteiger partial charge in [-0.1, -0.05) is 13.0 Å². The maximum atomic E-state index is 15.6. The molecule has 0 bridgehead atoms. The fourth-order valence-electron chi connectivity index (χ4n) is 8.15. The summed E-state index contributed by atoms with van der Waals surface area (Å²) in [6.45, 7) is 11.5. The third-order valence-corrected chi connectivity index (χ3v) is 11.6. The van der Waals surface area contributed by atoms with Crippen LogP contribution in [0.3, 0.4) is 0 Å². The standard InChI is InChI=1S/C42H57FN6O7/c1-6-14-48-26-34(28(2)29(3)40(48)51)31-23-37(54-4)33(38(24-31)55-5)11-18-46-19-12-36(35(43)27-46)56-32-9-16-45(17-10-32)21-22-47-15-7-8-30(41(47)52)25-49-20-13-39(50)44-42(49)53/h7-8,15,23-24,26,32,35-36H,6,9-14,16-22,25,27H2,1-5H3,(H,44,50,53)/t35-,36-/m1/s1. The molecule has 6 rings (SSSR count). The Labute approximate surface area is 328 Å². The molecule has 0 radical (unpaired) electrons. The maximum absolute atomic E-state index is 15.6. The summed E-state index contributed by atoms with van der Waals surface area (Å²) >= 11 is 0. The molecule has 13 nitrogen and oxygen atoms in total. The molecule has 3 fully saturated rings. The number of rotatable bonds is 15. The van der Waals surface area contributed by atoms with Crippen LogP contribution in [-0.4, -0.2) is 114 Å². The molecule has 1 N–H and O–H groups in total. The molecule has 304 valence electrons. The lowest BCUT2D eigenvalue weighted by atomic mass is 9.96. The summed E-state index contributed by atoms with van der Waals surface area (Å²) in [4.78, 5) is 55.5. The van der Waals surface area contributed by atoms with E-state index >= 15 is 4.39 Å². The molecule has 2 aromatic heterocycles. The molecule has 0 saturated carbocycles. The van der Waals surface area contributed by atoms with Crippen molar-refractivity contribution in [1.82, 2.24) is 29.2 Å². The fourth-order valence-corrected chi connectivity index (χ4v) is 8.15. The van der Waals surface area contributed by atoms with Gasteiger partial charge in [0.1, 0.15) is 17.7 Å². The Morgan fingerprint density at radius 2 is 1.55 bits per heavy atom. The Balaban J connectivity index is 0.971. The van der Waals surface area contributed by atoms with E-state index in [9.17, 15) is 19.2 Å². The number of nitrogens with one attached hydrogen (secondary N) is 1. The molecule has 0 unspecified atom stereocenters. The number of pyridine rings is 2. The number of aromatic nitrogens is 2. The summed E-state index contributed by atoms with van der Waals surface area (Å²) < 4.78 is 37.2. The highest BCUT2D eigenvalue weighted by Crippen LogP contribution is 2.37. The highest BCUT2D eigenvalue weighted by atomic mass is 19.1. The minimum atomic E-state index is -1.09. The number of amides is 3. The number of likely N-dealkylation sites (tertiary alicyclic amines) is 2. The van der Waals surface area contributed by atoms with Crippen LogP contribution >= 0.6 is 0 Å². The molecule has 3 aromatic rings. The number of benzene rings is 1. The Morgan fingerprint density at radius 1 is 0.839 bits per heavy atom. The van der Waals surface area contributed by atoms with E-state index in [0.29, 0.717) is 69.2 Å². The van der Waals surface area contributed by atoms with Crippen LogP contribution in [0.25, 0.3) is 11.1 Å². The number of aryl methyl sites for hydroxylation is 1. The lowest BCUT2D eigenvalue weighted by molar-refractivity contribution is -0.121. The highest BCUT2D eigenvalue weighted by molar-refractivity contribution is 5.96. The molecule has 3 amide bonds. The number of alkyl halides is 1. The zero-order valence-corrected chi connectivity index (χ0v) is 33.5. The van der Waals surface area contributed by atoms with Crippen LogP contribution in [0.15, 0.2) is 46.2 Å². The molecule has 0 spiro atoms. The predicted octanol–water partition coefficient (Wildman–Crippen LogP) is 4.30. The number of nitrogens with zero attached hydrogens (tertiary/aromatic N) is 5. The third kappa shape index (κ3) is 9.52. The minimum absolute atomic E-state index is 0.00423. The quantitative estimate of drug-likeness (QED) is 0.241. The zero-order valence-electron chi connectivity index (χ0n) is 33.5. The summed E-state index contributed by atoms with van der Waals surface area (Å²) in [7, 11) is 3.30.